The third-order valence-electron chi connectivity index (χ3n) is 4.13. The van der Waals surface area contributed by atoms with Crippen LogP contribution >= 0.6 is 0 Å². The first kappa shape index (κ1) is 12.8. The van der Waals surface area contributed by atoms with Crippen LogP contribution < -0.4 is 5.32 Å². The second kappa shape index (κ2) is 4.39. The molecule has 1 saturated carbocycles. The molecule has 3 rings (SSSR count). The molecule has 4 amide bonds. The van der Waals surface area contributed by atoms with E-state index in [9.17, 15) is 14.4 Å². The zero-order valence-corrected chi connectivity index (χ0v) is 11.1. The number of aryl methyl sites for hydroxylation is 1. The van der Waals surface area contributed by atoms with Gasteiger partial charge in [-0.1, -0.05) is 6.42 Å². The van der Waals surface area contributed by atoms with Crippen LogP contribution in [0.3, 0.4) is 0 Å². The van der Waals surface area contributed by atoms with Gasteiger partial charge in [0, 0.05) is 20.0 Å². The van der Waals surface area contributed by atoms with Crippen LogP contribution in [-0.2, 0) is 23.1 Å². The molecule has 1 N–H and O–H groups in total. The van der Waals surface area contributed by atoms with Crippen LogP contribution in [0.4, 0.5) is 4.79 Å². The van der Waals surface area contributed by atoms with E-state index in [0.717, 1.165) is 11.3 Å². The van der Waals surface area contributed by atoms with Crippen LogP contribution in [0.2, 0.25) is 0 Å². The molecule has 0 bridgehead atoms. The number of rotatable bonds is 3. The monoisotopic (exact) mass is 277 g/mol. The number of urea groups is 1. The lowest BCUT2D eigenvalue weighted by Gasteiger charge is -2.44. The van der Waals surface area contributed by atoms with Gasteiger partial charge in [0.1, 0.15) is 17.6 Å². The van der Waals surface area contributed by atoms with Crippen LogP contribution in [0.5, 0.6) is 0 Å². The first-order valence-electron chi connectivity index (χ1n) is 6.55. The Balaban J connectivity index is 1.75. The van der Waals surface area contributed by atoms with Crippen molar-refractivity contribution in [3.63, 3.8) is 0 Å². The van der Waals surface area contributed by atoms with Crippen LogP contribution in [0, 0.1) is 5.41 Å². The zero-order chi connectivity index (χ0) is 14.3. The summed E-state index contributed by atoms with van der Waals surface area (Å²) in [5, 5.41) is 9.94. The van der Waals surface area contributed by atoms with E-state index in [-0.39, 0.29) is 12.5 Å². The normalized spacial score (nSPS) is 21.1. The molecule has 1 spiro atoms. The maximum absolute atomic E-state index is 12.4. The lowest BCUT2D eigenvalue weighted by molar-refractivity contribution is -0.157. The number of carbonyl (C=O) groups excluding carboxylic acids is 3. The van der Waals surface area contributed by atoms with Gasteiger partial charge in [-0.25, -0.2) is 4.79 Å². The highest BCUT2D eigenvalue weighted by molar-refractivity contribution is 6.19. The Bertz CT molecular complexity index is 590. The fraction of sp³-hybridized carbons (Fsp3) is 0.583. The highest BCUT2D eigenvalue weighted by Crippen LogP contribution is 2.44. The Morgan fingerprint density at radius 3 is 2.65 bits per heavy atom. The van der Waals surface area contributed by atoms with Gasteiger partial charge in [0.05, 0.1) is 0 Å². The van der Waals surface area contributed by atoms with E-state index < -0.39 is 17.4 Å². The maximum atomic E-state index is 12.4. The quantitative estimate of drug-likeness (QED) is 0.759. The Morgan fingerprint density at radius 1 is 1.35 bits per heavy atom. The van der Waals surface area contributed by atoms with E-state index in [4.69, 9.17) is 0 Å². The van der Waals surface area contributed by atoms with Gasteiger partial charge in [-0.15, -0.1) is 10.2 Å². The summed E-state index contributed by atoms with van der Waals surface area (Å²) < 4.78 is 1.73. The second-order valence-electron chi connectivity index (χ2n) is 5.26. The van der Waals surface area contributed by atoms with E-state index in [1.807, 2.05) is 0 Å². The predicted molar refractivity (Wildman–Crippen MR) is 66.2 cm³/mol. The molecule has 106 valence electrons. The Hall–Kier alpha value is -2.25. The van der Waals surface area contributed by atoms with Crippen LogP contribution in [0.15, 0.2) is 6.33 Å². The van der Waals surface area contributed by atoms with E-state index in [1.165, 1.54) is 0 Å². The van der Waals surface area contributed by atoms with Gasteiger partial charge < -0.3 is 4.57 Å². The summed E-state index contributed by atoms with van der Waals surface area (Å²) in [6.45, 7) is 0.201. The van der Waals surface area contributed by atoms with E-state index >= 15 is 0 Å². The SMILES string of the molecule is Cn1cnnc1CCN1C(=O)NC(=O)C2(CCC2)C1=O. The van der Waals surface area contributed by atoms with Crippen LogP contribution in [0.25, 0.3) is 0 Å². The minimum absolute atomic E-state index is 0.201. The second-order valence-corrected chi connectivity index (χ2v) is 5.26. The molecule has 1 aliphatic carbocycles. The van der Waals surface area contributed by atoms with Gasteiger partial charge in [0.25, 0.3) is 0 Å². The van der Waals surface area contributed by atoms with Gasteiger partial charge in [-0.3, -0.25) is 19.8 Å². The van der Waals surface area contributed by atoms with Crippen molar-refractivity contribution in [1.29, 1.82) is 0 Å². The molecule has 0 unspecified atom stereocenters. The average Bonchev–Trinajstić information content (AvgIpc) is 2.72. The number of hydrogen-bond donors (Lipinski definition) is 1. The number of carbonyl (C=O) groups is 3. The summed E-state index contributed by atoms with van der Waals surface area (Å²) in [6.07, 6.45) is 3.85. The van der Waals surface area contributed by atoms with Crippen molar-refractivity contribution in [2.45, 2.75) is 25.7 Å². The number of hydrogen-bond acceptors (Lipinski definition) is 5. The van der Waals surface area contributed by atoms with Crippen molar-refractivity contribution in [3.05, 3.63) is 12.2 Å². The predicted octanol–water partition coefficient (Wildman–Crippen LogP) is -0.394. The van der Waals surface area contributed by atoms with Crippen molar-refractivity contribution < 1.29 is 14.4 Å². The molecular weight excluding hydrogens is 262 g/mol. The number of imide groups is 2. The number of barbiturate groups is 1. The highest BCUT2D eigenvalue weighted by atomic mass is 16.2. The molecule has 2 fully saturated rings. The van der Waals surface area contributed by atoms with Gasteiger partial charge in [-0.05, 0) is 12.8 Å². The van der Waals surface area contributed by atoms with Crippen LogP contribution in [-0.4, -0.2) is 44.1 Å². The van der Waals surface area contributed by atoms with Crippen LogP contribution in [0.1, 0.15) is 25.1 Å². The molecule has 20 heavy (non-hydrogen) atoms. The molecule has 1 aliphatic heterocycles. The fourth-order valence-corrected chi connectivity index (χ4v) is 2.65. The summed E-state index contributed by atoms with van der Waals surface area (Å²) in [5.74, 6) is -0.140. The summed E-state index contributed by atoms with van der Waals surface area (Å²) in [5.41, 5.74) is -1.01. The fourth-order valence-electron chi connectivity index (χ4n) is 2.65. The van der Waals surface area contributed by atoms with Crippen molar-refractivity contribution in [2.75, 3.05) is 6.54 Å². The maximum Gasteiger partial charge on any atom is 0.330 e. The highest BCUT2D eigenvalue weighted by Gasteiger charge is 2.57. The smallest absolute Gasteiger partial charge is 0.321 e. The van der Waals surface area contributed by atoms with Gasteiger partial charge in [0.15, 0.2) is 0 Å². The number of nitrogens with one attached hydrogen (secondary N) is 1. The molecule has 1 saturated heterocycles. The largest absolute Gasteiger partial charge is 0.330 e. The topological polar surface area (TPSA) is 97.2 Å². The standard InChI is InChI=1S/C12H15N5O3/c1-16-7-13-15-8(16)3-6-17-10(19)12(4-2-5-12)9(18)14-11(17)20/h7H,2-6H2,1H3,(H,14,18,20). The lowest BCUT2D eigenvalue weighted by Crippen LogP contribution is -2.66. The minimum atomic E-state index is -1.01. The minimum Gasteiger partial charge on any atom is -0.321 e. The van der Waals surface area contributed by atoms with Crippen molar-refractivity contribution in [3.8, 4) is 0 Å². The molecular formula is C12H15N5O3. The molecule has 0 radical (unpaired) electrons. The number of aromatic nitrogens is 3. The van der Waals surface area contributed by atoms with Crippen molar-refractivity contribution >= 4 is 17.8 Å². The van der Waals surface area contributed by atoms with Gasteiger partial charge in [0.2, 0.25) is 11.8 Å². The molecule has 1 aromatic rings. The molecule has 8 heteroatoms. The first-order chi connectivity index (χ1) is 9.54. The molecule has 8 nitrogen and oxygen atoms in total. The Morgan fingerprint density at radius 2 is 2.10 bits per heavy atom. The van der Waals surface area contributed by atoms with E-state index in [1.54, 1.807) is 17.9 Å². The van der Waals surface area contributed by atoms with Gasteiger partial charge >= 0.3 is 6.03 Å². The number of amides is 4. The Labute approximate surface area is 115 Å². The van der Waals surface area contributed by atoms with Crippen molar-refractivity contribution in [2.24, 2.45) is 12.5 Å². The van der Waals surface area contributed by atoms with E-state index in [0.29, 0.717) is 25.1 Å². The average molecular weight is 277 g/mol. The molecule has 0 atom stereocenters. The zero-order valence-electron chi connectivity index (χ0n) is 11.1. The lowest BCUT2D eigenvalue weighted by atomic mass is 9.66. The molecule has 0 aromatic carbocycles. The third kappa shape index (κ3) is 1.71. The first-order valence-corrected chi connectivity index (χ1v) is 6.55. The summed E-state index contributed by atoms with van der Waals surface area (Å²) in [4.78, 5) is 37.2. The van der Waals surface area contributed by atoms with Crippen molar-refractivity contribution in [1.82, 2.24) is 25.0 Å². The van der Waals surface area contributed by atoms with E-state index in [2.05, 4.69) is 15.5 Å². The Kier molecular flexibility index (Phi) is 2.81. The summed E-state index contributed by atoms with van der Waals surface area (Å²) >= 11 is 0. The third-order valence-corrected chi connectivity index (χ3v) is 4.13. The number of nitrogens with zero attached hydrogens (tertiary/aromatic N) is 4. The molecule has 2 aliphatic rings. The summed E-state index contributed by atoms with van der Waals surface area (Å²) in [7, 11) is 1.80. The molecule has 1 aromatic heterocycles. The summed E-state index contributed by atoms with van der Waals surface area (Å²) in [6, 6.07) is -0.639. The molecule has 2 heterocycles. The van der Waals surface area contributed by atoms with Gasteiger partial charge in [-0.2, -0.15) is 0 Å².